The van der Waals surface area contributed by atoms with E-state index in [4.69, 9.17) is 9.05 Å². The zero-order chi connectivity index (χ0) is 13.5. The molecule has 0 aliphatic rings. The van der Waals surface area contributed by atoms with Crippen LogP contribution in [-0.4, -0.2) is 50.3 Å². The molecular weight excluding hydrogens is 247 g/mol. The fourth-order valence-electron chi connectivity index (χ4n) is 1.15. The van der Waals surface area contributed by atoms with Gasteiger partial charge in [0, 0.05) is 14.1 Å². The largest absolute Gasteiger partial charge is 0.362 e. The van der Waals surface area contributed by atoms with Crippen LogP contribution >= 0.6 is 7.60 Å². The molecule has 0 fully saturated rings. The van der Waals surface area contributed by atoms with Crippen molar-refractivity contribution >= 4 is 19.9 Å². The van der Waals surface area contributed by atoms with Crippen LogP contribution in [0.25, 0.3) is 0 Å². The minimum atomic E-state index is -3.69. The van der Waals surface area contributed by atoms with Gasteiger partial charge >= 0.3 is 7.60 Å². The standard InChI is InChI=1S/C9H19N2O5P/c1-5-15-17(14,16-6-2)8(10-7-12)9(13)11(3)4/h7-8H,5-6H2,1-4H3,(H,10,12)/t8-/m1/s1. The van der Waals surface area contributed by atoms with E-state index in [9.17, 15) is 14.2 Å². The minimum Gasteiger partial charge on any atom is -0.346 e. The van der Waals surface area contributed by atoms with Gasteiger partial charge < -0.3 is 19.3 Å². The van der Waals surface area contributed by atoms with E-state index in [1.54, 1.807) is 13.8 Å². The quantitative estimate of drug-likeness (QED) is 0.508. The third-order valence-corrected chi connectivity index (χ3v) is 4.07. The Labute approximate surface area is 101 Å². The molecule has 0 saturated carbocycles. The molecule has 0 saturated heterocycles. The van der Waals surface area contributed by atoms with Crippen molar-refractivity contribution in [2.24, 2.45) is 0 Å². The lowest BCUT2D eigenvalue weighted by Crippen LogP contribution is -2.43. The highest BCUT2D eigenvalue weighted by molar-refractivity contribution is 7.55. The van der Waals surface area contributed by atoms with Gasteiger partial charge in [-0.15, -0.1) is 0 Å². The van der Waals surface area contributed by atoms with Crippen LogP contribution in [0.2, 0.25) is 0 Å². The molecule has 0 spiro atoms. The van der Waals surface area contributed by atoms with Gasteiger partial charge in [0.15, 0.2) is 0 Å². The van der Waals surface area contributed by atoms with Gasteiger partial charge in [0.25, 0.3) is 5.91 Å². The molecule has 0 rings (SSSR count). The Morgan fingerprint density at radius 2 is 1.82 bits per heavy atom. The number of amides is 2. The zero-order valence-corrected chi connectivity index (χ0v) is 11.4. The van der Waals surface area contributed by atoms with E-state index >= 15 is 0 Å². The average Bonchev–Trinajstić information content (AvgIpc) is 2.25. The van der Waals surface area contributed by atoms with Crippen molar-refractivity contribution in [1.82, 2.24) is 10.2 Å². The number of hydrogen-bond donors (Lipinski definition) is 1. The lowest BCUT2D eigenvalue weighted by atomic mass is 10.5. The highest BCUT2D eigenvalue weighted by Crippen LogP contribution is 2.52. The van der Waals surface area contributed by atoms with Crippen molar-refractivity contribution < 1.29 is 23.2 Å². The van der Waals surface area contributed by atoms with Crippen LogP contribution in [0.15, 0.2) is 0 Å². The molecule has 0 aliphatic heterocycles. The van der Waals surface area contributed by atoms with Crippen LogP contribution in [0.1, 0.15) is 13.8 Å². The molecule has 0 aliphatic carbocycles. The van der Waals surface area contributed by atoms with Crippen molar-refractivity contribution in [2.75, 3.05) is 27.3 Å². The summed E-state index contributed by atoms with van der Waals surface area (Å²) in [5.74, 6) is -1.85. The van der Waals surface area contributed by atoms with Crippen LogP contribution in [0.4, 0.5) is 0 Å². The van der Waals surface area contributed by atoms with Gasteiger partial charge in [-0.3, -0.25) is 14.2 Å². The molecule has 17 heavy (non-hydrogen) atoms. The van der Waals surface area contributed by atoms with Gasteiger partial charge in [0.05, 0.1) is 13.2 Å². The van der Waals surface area contributed by atoms with Crippen molar-refractivity contribution in [1.29, 1.82) is 0 Å². The van der Waals surface area contributed by atoms with Crippen LogP contribution in [0.3, 0.4) is 0 Å². The molecule has 100 valence electrons. The van der Waals surface area contributed by atoms with Gasteiger partial charge in [-0.05, 0) is 13.8 Å². The van der Waals surface area contributed by atoms with E-state index in [-0.39, 0.29) is 13.2 Å². The maximum Gasteiger partial charge on any atom is 0.362 e. The Morgan fingerprint density at radius 1 is 1.35 bits per heavy atom. The summed E-state index contributed by atoms with van der Waals surface area (Å²) in [6, 6.07) is 0. The number of nitrogens with one attached hydrogen (secondary N) is 1. The molecular formula is C9H19N2O5P. The van der Waals surface area contributed by atoms with Crippen LogP contribution in [-0.2, 0) is 23.2 Å². The first kappa shape index (κ1) is 16.1. The maximum atomic E-state index is 12.3. The van der Waals surface area contributed by atoms with E-state index < -0.39 is 19.3 Å². The molecule has 1 N–H and O–H groups in total. The van der Waals surface area contributed by atoms with E-state index in [1.165, 1.54) is 19.0 Å². The zero-order valence-electron chi connectivity index (χ0n) is 10.5. The van der Waals surface area contributed by atoms with Crippen LogP contribution < -0.4 is 5.32 Å². The SMILES string of the molecule is CCOP(=O)(OCC)[C@@H](NC=O)C(=O)N(C)C. The Bertz CT molecular complexity index is 298. The molecule has 0 unspecified atom stereocenters. The highest BCUT2D eigenvalue weighted by atomic mass is 31.2. The first-order chi connectivity index (χ1) is 7.92. The molecule has 1 atom stereocenters. The third kappa shape index (κ3) is 4.46. The Morgan fingerprint density at radius 3 is 2.12 bits per heavy atom. The monoisotopic (exact) mass is 266 g/mol. The van der Waals surface area contributed by atoms with E-state index in [0.717, 1.165) is 0 Å². The second-order valence-corrected chi connectivity index (χ2v) is 5.41. The molecule has 2 amide bonds. The lowest BCUT2D eigenvalue weighted by molar-refractivity contribution is -0.130. The fraction of sp³-hybridized carbons (Fsp3) is 0.778. The predicted octanol–water partition coefficient (Wildman–Crippen LogP) is 0.413. The number of hydrogen-bond acceptors (Lipinski definition) is 5. The Hall–Kier alpha value is -0.910. The van der Waals surface area contributed by atoms with Gasteiger partial charge in [0.1, 0.15) is 0 Å². The summed E-state index contributed by atoms with van der Waals surface area (Å²) < 4.78 is 22.4. The number of rotatable bonds is 8. The van der Waals surface area contributed by atoms with Crippen LogP contribution in [0, 0.1) is 0 Å². The van der Waals surface area contributed by atoms with Gasteiger partial charge in [-0.1, -0.05) is 0 Å². The second-order valence-electron chi connectivity index (χ2n) is 3.30. The van der Waals surface area contributed by atoms with Gasteiger partial charge in [-0.25, -0.2) is 0 Å². The van der Waals surface area contributed by atoms with Gasteiger partial charge in [-0.2, -0.15) is 0 Å². The first-order valence-electron chi connectivity index (χ1n) is 5.22. The van der Waals surface area contributed by atoms with E-state index in [0.29, 0.717) is 6.41 Å². The molecule has 0 aromatic carbocycles. The summed E-state index contributed by atoms with van der Waals surface area (Å²) >= 11 is 0. The van der Waals surface area contributed by atoms with E-state index in [1.807, 2.05) is 0 Å². The topological polar surface area (TPSA) is 84.9 Å². The van der Waals surface area contributed by atoms with Crippen molar-refractivity contribution in [3.8, 4) is 0 Å². The number of carbonyl (C=O) groups excluding carboxylic acids is 2. The molecule has 0 bridgehead atoms. The molecule has 0 heterocycles. The first-order valence-corrected chi connectivity index (χ1v) is 6.83. The number of nitrogens with zero attached hydrogens (tertiary/aromatic N) is 1. The Balaban J connectivity index is 5.15. The smallest absolute Gasteiger partial charge is 0.346 e. The molecule has 0 radical (unpaired) electrons. The molecule has 0 aromatic rings. The Kier molecular flexibility index (Phi) is 7.03. The summed E-state index contributed by atoms with van der Waals surface area (Å²) in [6.45, 7) is 3.50. The minimum absolute atomic E-state index is 0.120. The van der Waals surface area contributed by atoms with Crippen LogP contribution in [0.5, 0.6) is 0 Å². The average molecular weight is 266 g/mol. The second kappa shape index (κ2) is 7.42. The lowest BCUT2D eigenvalue weighted by Gasteiger charge is -2.26. The number of carbonyl (C=O) groups is 2. The summed E-state index contributed by atoms with van der Waals surface area (Å²) in [5.41, 5.74) is 0. The maximum absolute atomic E-state index is 12.3. The normalized spacial score (nSPS) is 12.9. The summed E-state index contributed by atoms with van der Waals surface area (Å²) in [4.78, 5) is 23.5. The van der Waals surface area contributed by atoms with Crippen molar-refractivity contribution in [2.45, 2.75) is 19.6 Å². The summed E-state index contributed by atoms with van der Waals surface area (Å²) in [5, 5.41) is 2.19. The van der Waals surface area contributed by atoms with Gasteiger partial charge in [0.2, 0.25) is 12.2 Å². The summed E-state index contributed by atoms with van der Waals surface area (Å²) in [6.07, 6.45) is 0.302. The van der Waals surface area contributed by atoms with E-state index in [2.05, 4.69) is 5.32 Å². The molecule has 7 nitrogen and oxygen atoms in total. The molecule has 0 aromatic heterocycles. The molecule has 8 heteroatoms. The summed E-state index contributed by atoms with van der Waals surface area (Å²) in [7, 11) is -0.709. The predicted molar refractivity (Wildman–Crippen MR) is 62.5 cm³/mol. The van der Waals surface area contributed by atoms with Crippen molar-refractivity contribution in [3.05, 3.63) is 0 Å². The fourth-order valence-corrected chi connectivity index (χ4v) is 2.99. The van der Waals surface area contributed by atoms with Crippen molar-refractivity contribution in [3.63, 3.8) is 0 Å². The third-order valence-electron chi connectivity index (χ3n) is 1.83. The number of likely N-dealkylation sites (N-methyl/N-ethyl adjacent to an activating group) is 1. The highest BCUT2D eigenvalue weighted by Gasteiger charge is 2.41.